The molecule has 2 aromatic carbocycles. The third-order valence-corrected chi connectivity index (χ3v) is 4.48. The summed E-state index contributed by atoms with van der Waals surface area (Å²) < 4.78 is 29.2. The van der Waals surface area contributed by atoms with Crippen LogP contribution in [0.5, 0.6) is 0 Å². The van der Waals surface area contributed by atoms with Crippen molar-refractivity contribution in [2.45, 2.75) is 0 Å². The molecule has 0 spiro atoms. The van der Waals surface area contributed by atoms with E-state index in [1.54, 1.807) is 24.3 Å². The van der Waals surface area contributed by atoms with Crippen molar-refractivity contribution in [3.63, 3.8) is 0 Å². The van der Waals surface area contributed by atoms with Crippen LogP contribution in [0.1, 0.15) is 0 Å². The van der Waals surface area contributed by atoms with Gasteiger partial charge in [0.25, 0.3) is 0 Å². The summed E-state index contributed by atoms with van der Waals surface area (Å²) in [5, 5.41) is 0. The van der Waals surface area contributed by atoms with Crippen LogP contribution < -0.4 is 10.1 Å². The molecular formula is C12H12AsNO3. The third-order valence-electron chi connectivity index (χ3n) is 2.45. The average Bonchev–Trinajstić information content (AvgIpc) is 2.29. The van der Waals surface area contributed by atoms with Gasteiger partial charge in [0.1, 0.15) is 0 Å². The van der Waals surface area contributed by atoms with E-state index in [0.717, 1.165) is 11.1 Å². The molecule has 5 heteroatoms. The van der Waals surface area contributed by atoms with E-state index < -0.39 is 14.2 Å². The molecule has 0 atom stereocenters. The molecule has 0 heterocycles. The van der Waals surface area contributed by atoms with Crippen LogP contribution >= 0.6 is 0 Å². The Bertz CT molecular complexity index is 557. The molecule has 4 N–H and O–H groups in total. The molecule has 0 aliphatic carbocycles. The maximum atomic E-state index is 11.1. The molecule has 0 bridgehead atoms. The van der Waals surface area contributed by atoms with E-state index in [9.17, 15) is 3.74 Å². The summed E-state index contributed by atoms with van der Waals surface area (Å²) in [6, 6.07) is 13.6. The predicted molar refractivity (Wildman–Crippen MR) is 66.8 cm³/mol. The van der Waals surface area contributed by atoms with Crippen LogP contribution in [0.3, 0.4) is 0 Å². The Hall–Kier alpha value is -1.48. The van der Waals surface area contributed by atoms with Gasteiger partial charge in [0.05, 0.1) is 0 Å². The second-order valence-electron chi connectivity index (χ2n) is 3.71. The fraction of sp³-hybridized carbons (Fsp3) is 0. The van der Waals surface area contributed by atoms with E-state index in [1.165, 1.54) is 12.1 Å². The van der Waals surface area contributed by atoms with Gasteiger partial charge in [-0.05, 0) is 0 Å². The molecule has 0 saturated heterocycles. The quantitative estimate of drug-likeness (QED) is 0.556. The molecule has 4 nitrogen and oxygen atoms in total. The topological polar surface area (TPSA) is 83.6 Å². The molecule has 0 radical (unpaired) electrons. The van der Waals surface area contributed by atoms with Crippen molar-refractivity contribution < 1.29 is 11.9 Å². The molecular weight excluding hydrogens is 281 g/mol. The summed E-state index contributed by atoms with van der Waals surface area (Å²) in [7, 11) is 0. The Morgan fingerprint density at radius 2 is 1.24 bits per heavy atom. The fourth-order valence-corrected chi connectivity index (χ4v) is 2.65. The van der Waals surface area contributed by atoms with Gasteiger partial charge in [-0.15, -0.1) is 0 Å². The summed E-state index contributed by atoms with van der Waals surface area (Å²) in [6.07, 6.45) is 0. The first-order chi connectivity index (χ1) is 7.97. The van der Waals surface area contributed by atoms with Gasteiger partial charge < -0.3 is 0 Å². The van der Waals surface area contributed by atoms with Gasteiger partial charge in [0.15, 0.2) is 0 Å². The summed E-state index contributed by atoms with van der Waals surface area (Å²) in [6.45, 7) is 0. The van der Waals surface area contributed by atoms with Gasteiger partial charge in [0.2, 0.25) is 0 Å². The van der Waals surface area contributed by atoms with E-state index in [2.05, 4.69) is 0 Å². The second kappa shape index (κ2) is 4.41. The number of nitrogens with two attached hydrogens (primary N) is 1. The molecule has 0 aliphatic rings. The summed E-state index contributed by atoms with van der Waals surface area (Å²) in [5.41, 5.74) is 8.13. The molecule has 0 aromatic heterocycles. The zero-order valence-electron chi connectivity index (χ0n) is 8.95. The van der Waals surface area contributed by atoms with Gasteiger partial charge in [-0.2, -0.15) is 0 Å². The summed E-state index contributed by atoms with van der Waals surface area (Å²) in [5.74, 6) is 0. The molecule has 88 valence electrons. The van der Waals surface area contributed by atoms with E-state index in [0.29, 0.717) is 5.69 Å². The number of benzene rings is 2. The molecule has 2 rings (SSSR count). The van der Waals surface area contributed by atoms with Crippen molar-refractivity contribution in [1.82, 2.24) is 0 Å². The third kappa shape index (κ3) is 2.80. The van der Waals surface area contributed by atoms with Crippen molar-refractivity contribution in [2.24, 2.45) is 0 Å². The summed E-state index contributed by atoms with van der Waals surface area (Å²) >= 11 is -4.77. The average molecular weight is 293 g/mol. The minimum atomic E-state index is -4.77. The normalized spacial score (nSPS) is 11.4. The Labute approximate surface area is 102 Å². The van der Waals surface area contributed by atoms with E-state index in [-0.39, 0.29) is 4.35 Å². The van der Waals surface area contributed by atoms with Crippen LogP contribution in [0.15, 0.2) is 48.5 Å². The van der Waals surface area contributed by atoms with Gasteiger partial charge >= 0.3 is 102 Å². The first-order valence-corrected chi connectivity index (χ1v) is 8.37. The zero-order valence-corrected chi connectivity index (χ0v) is 10.8. The van der Waals surface area contributed by atoms with Gasteiger partial charge in [0, 0.05) is 0 Å². The van der Waals surface area contributed by atoms with Crippen molar-refractivity contribution in [3.05, 3.63) is 48.5 Å². The zero-order chi connectivity index (χ0) is 12.5. The van der Waals surface area contributed by atoms with E-state index in [1.807, 2.05) is 12.1 Å². The number of hydrogen-bond donors (Lipinski definition) is 3. The van der Waals surface area contributed by atoms with Crippen molar-refractivity contribution in [2.75, 3.05) is 5.73 Å². The Morgan fingerprint density at radius 3 is 1.65 bits per heavy atom. The molecule has 17 heavy (non-hydrogen) atoms. The Balaban J connectivity index is 2.36. The van der Waals surface area contributed by atoms with Crippen LogP contribution in [-0.4, -0.2) is 22.4 Å². The Kier molecular flexibility index (Phi) is 3.11. The van der Waals surface area contributed by atoms with Crippen LogP contribution in [0.25, 0.3) is 11.1 Å². The van der Waals surface area contributed by atoms with Crippen molar-refractivity contribution >= 4 is 24.2 Å². The SMILES string of the molecule is Nc1ccc(-c2ccc([As](=O)(O)O)cc2)cc1. The van der Waals surface area contributed by atoms with Crippen molar-refractivity contribution in [1.29, 1.82) is 0 Å². The molecule has 0 saturated carbocycles. The molecule has 2 aromatic rings. The van der Waals surface area contributed by atoms with Crippen molar-refractivity contribution in [3.8, 4) is 11.1 Å². The van der Waals surface area contributed by atoms with Crippen LogP contribution in [0.2, 0.25) is 0 Å². The number of anilines is 1. The van der Waals surface area contributed by atoms with Gasteiger partial charge in [-0.1, -0.05) is 0 Å². The predicted octanol–water partition coefficient (Wildman–Crippen LogP) is 0.497. The number of rotatable bonds is 2. The molecule has 0 unspecified atom stereocenters. The van der Waals surface area contributed by atoms with Gasteiger partial charge in [-0.25, -0.2) is 0 Å². The number of nitrogen functional groups attached to an aromatic ring is 1. The second-order valence-corrected chi connectivity index (χ2v) is 7.08. The van der Waals surface area contributed by atoms with Crippen LogP contribution in [0, 0.1) is 0 Å². The minimum absolute atomic E-state index is 0.0855. The monoisotopic (exact) mass is 293 g/mol. The van der Waals surface area contributed by atoms with E-state index in [4.69, 9.17) is 13.9 Å². The summed E-state index contributed by atoms with van der Waals surface area (Å²) in [4.78, 5) is 0. The van der Waals surface area contributed by atoms with Gasteiger partial charge in [-0.3, -0.25) is 0 Å². The number of hydrogen-bond acceptors (Lipinski definition) is 2. The fourth-order valence-electron chi connectivity index (χ4n) is 1.52. The Morgan fingerprint density at radius 1 is 0.824 bits per heavy atom. The van der Waals surface area contributed by atoms with E-state index >= 15 is 0 Å². The molecule has 0 fully saturated rings. The molecule has 0 amide bonds. The first-order valence-electron chi connectivity index (χ1n) is 4.99. The standard InChI is InChI=1S/C12H12AsNO3/c14-12-7-3-10(4-8-12)9-1-5-11(6-2-9)13(15,16)17/h1-8H,14H2,(H2,15,16,17). The van der Waals surface area contributed by atoms with Crippen LogP contribution in [0.4, 0.5) is 5.69 Å². The van der Waals surface area contributed by atoms with Crippen LogP contribution in [-0.2, 0) is 3.74 Å². The maximum absolute atomic E-state index is 11.1. The molecule has 0 aliphatic heterocycles. The first kappa shape index (κ1) is 12.0.